The summed E-state index contributed by atoms with van der Waals surface area (Å²) in [6, 6.07) is 8.57. The highest BCUT2D eigenvalue weighted by molar-refractivity contribution is 5.93. The fourth-order valence-electron chi connectivity index (χ4n) is 2.07. The van der Waals surface area contributed by atoms with Gasteiger partial charge < -0.3 is 4.90 Å². The molecule has 0 N–H and O–H groups in total. The Morgan fingerprint density at radius 3 is 2.62 bits per heavy atom. The van der Waals surface area contributed by atoms with Crippen molar-refractivity contribution >= 4 is 16.6 Å². The van der Waals surface area contributed by atoms with Crippen LogP contribution in [-0.2, 0) is 6.42 Å². The van der Waals surface area contributed by atoms with Gasteiger partial charge in [0, 0.05) is 30.9 Å². The van der Waals surface area contributed by atoms with Crippen LogP contribution in [0.4, 0.5) is 5.69 Å². The van der Waals surface area contributed by atoms with Gasteiger partial charge in [0.15, 0.2) is 0 Å². The van der Waals surface area contributed by atoms with Crippen molar-refractivity contribution < 1.29 is 0 Å². The highest BCUT2D eigenvalue weighted by atomic mass is 15.1. The van der Waals surface area contributed by atoms with E-state index in [1.807, 2.05) is 0 Å². The van der Waals surface area contributed by atoms with Crippen molar-refractivity contribution in [3.63, 3.8) is 0 Å². The number of rotatable bonds is 2. The first kappa shape index (κ1) is 10.9. The number of hydrogen-bond donors (Lipinski definition) is 0. The average molecular weight is 214 g/mol. The van der Waals surface area contributed by atoms with Crippen molar-refractivity contribution in [2.24, 2.45) is 0 Å². The second-order valence-electron chi connectivity index (χ2n) is 4.34. The van der Waals surface area contributed by atoms with E-state index in [4.69, 9.17) is 0 Å². The van der Waals surface area contributed by atoms with Crippen molar-refractivity contribution in [3.05, 3.63) is 35.5 Å². The highest BCUT2D eigenvalue weighted by Gasteiger charge is 2.07. The van der Waals surface area contributed by atoms with E-state index >= 15 is 0 Å². The minimum absolute atomic E-state index is 1.03. The molecule has 0 aliphatic heterocycles. The van der Waals surface area contributed by atoms with Crippen LogP contribution < -0.4 is 4.90 Å². The second-order valence-corrected chi connectivity index (χ2v) is 4.34. The van der Waals surface area contributed by atoms with Gasteiger partial charge in [-0.3, -0.25) is 4.98 Å². The van der Waals surface area contributed by atoms with E-state index in [1.165, 1.54) is 16.6 Å². The molecule has 16 heavy (non-hydrogen) atoms. The molecule has 2 aromatic rings. The number of benzene rings is 1. The van der Waals surface area contributed by atoms with Gasteiger partial charge in [-0.25, -0.2) is 0 Å². The van der Waals surface area contributed by atoms with Crippen LogP contribution in [-0.4, -0.2) is 19.1 Å². The summed E-state index contributed by atoms with van der Waals surface area (Å²) in [5.74, 6) is 0. The monoisotopic (exact) mass is 214 g/mol. The largest absolute Gasteiger partial charge is 0.377 e. The van der Waals surface area contributed by atoms with Gasteiger partial charge in [0.1, 0.15) is 0 Å². The van der Waals surface area contributed by atoms with Crippen LogP contribution >= 0.6 is 0 Å². The number of aromatic nitrogens is 1. The van der Waals surface area contributed by atoms with Crippen molar-refractivity contribution in [2.75, 3.05) is 19.0 Å². The lowest BCUT2D eigenvalue weighted by Gasteiger charge is -2.17. The molecule has 84 valence electrons. The molecule has 0 saturated heterocycles. The zero-order valence-electron chi connectivity index (χ0n) is 10.4. The Bertz CT molecular complexity index is 515. The van der Waals surface area contributed by atoms with E-state index in [-0.39, 0.29) is 0 Å². The second kappa shape index (κ2) is 4.12. The molecule has 1 aromatic carbocycles. The predicted octanol–water partition coefficient (Wildman–Crippen LogP) is 3.17. The van der Waals surface area contributed by atoms with E-state index in [0.717, 1.165) is 17.6 Å². The van der Waals surface area contributed by atoms with Gasteiger partial charge in [-0.15, -0.1) is 0 Å². The summed E-state index contributed by atoms with van der Waals surface area (Å²) < 4.78 is 0. The molecule has 0 aliphatic carbocycles. The van der Waals surface area contributed by atoms with Crippen LogP contribution in [0.3, 0.4) is 0 Å². The fourth-order valence-corrected chi connectivity index (χ4v) is 2.07. The van der Waals surface area contributed by atoms with Crippen molar-refractivity contribution in [1.29, 1.82) is 0 Å². The molecule has 0 fully saturated rings. The maximum atomic E-state index is 4.66. The first-order valence-electron chi connectivity index (χ1n) is 5.70. The summed E-state index contributed by atoms with van der Waals surface area (Å²) in [5, 5.41) is 1.25. The molecule has 2 heteroatoms. The Labute approximate surface area is 96.9 Å². The third-order valence-corrected chi connectivity index (χ3v) is 2.89. The lowest BCUT2D eigenvalue weighted by atomic mass is 10.1. The molecule has 0 bridgehead atoms. The lowest BCUT2D eigenvalue weighted by Crippen LogP contribution is -2.10. The van der Waals surface area contributed by atoms with Gasteiger partial charge in [-0.2, -0.15) is 0 Å². The molecule has 1 heterocycles. The Kier molecular flexibility index (Phi) is 2.82. The van der Waals surface area contributed by atoms with Crippen LogP contribution in [0, 0.1) is 6.92 Å². The summed E-state index contributed by atoms with van der Waals surface area (Å²) in [6.07, 6.45) is 1.03. The van der Waals surface area contributed by atoms with E-state index in [1.54, 1.807) is 0 Å². The molecule has 0 atom stereocenters. The van der Waals surface area contributed by atoms with Crippen LogP contribution in [0.2, 0.25) is 0 Å². The van der Waals surface area contributed by atoms with Crippen LogP contribution in [0.15, 0.2) is 24.3 Å². The Balaban J connectivity index is 2.83. The molecule has 0 spiro atoms. The summed E-state index contributed by atoms with van der Waals surface area (Å²) >= 11 is 0. The molecule has 2 nitrogen and oxygen atoms in total. The summed E-state index contributed by atoms with van der Waals surface area (Å²) in [6.45, 7) is 4.23. The molecule has 0 aliphatic rings. The first-order valence-corrected chi connectivity index (χ1v) is 5.70. The maximum absolute atomic E-state index is 4.66. The summed E-state index contributed by atoms with van der Waals surface area (Å²) in [5.41, 5.74) is 4.80. The van der Waals surface area contributed by atoms with Gasteiger partial charge >= 0.3 is 0 Å². The number of anilines is 1. The number of pyridine rings is 1. The third kappa shape index (κ3) is 1.75. The zero-order chi connectivity index (χ0) is 11.7. The highest BCUT2D eigenvalue weighted by Crippen LogP contribution is 2.27. The molecule has 0 amide bonds. The molecule has 1 aromatic heterocycles. The van der Waals surface area contributed by atoms with Gasteiger partial charge in [-0.1, -0.05) is 25.1 Å². The van der Waals surface area contributed by atoms with Crippen LogP contribution in [0.1, 0.15) is 18.2 Å². The Morgan fingerprint density at radius 1 is 1.25 bits per heavy atom. The predicted molar refractivity (Wildman–Crippen MR) is 70.2 cm³/mol. The number of para-hydroxylation sites is 1. The smallest absolute Gasteiger partial charge is 0.0757 e. The summed E-state index contributed by atoms with van der Waals surface area (Å²) in [7, 11) is 4.15. The van der Waals surface area contributed by atoms with Crippen LogP contribution in [0.5, 0.6) is 0 Å². The van der Waals surface area contributed by atoms with Gasteiger partial charge in [-0.05, 0) is 25.0 Å². The molecule has 0 radical (unpaired) electrons. The lowest BCUT2D eigenvalue weighted by molar-refractivity contribution is 1.10. The topological polar surface area (TPSA) is 16.1 Å². The van der Waals surface area contributed by atoms with Gasteiger partial charge in [0.2, 0.25) is 0 Å². The normalized spacial score (nSPS) is 10.8. The minimum Gasteiger partial charge on any atom is -0.377 e. The van der Waals surface area contributed by atoms with E-state index in [0.29, 0.717) is 0 Å². The first-order chi connectivity index (χ1) is 7.63. The molecule has 2 rings (SSSR count). The molecule has 0 saturated carbocycles. The Hall–Kier alpha value is -1.57. The minimum atomic E-state index is 1.03. The van der Waals surface area contributed by atoms with Gasteiger partial charge in [0.05, 0.1) is 5.52 Å². The van der Waals surface area contributed by atoms with Crippen LogP contribution in [0.25, 0.3) is 10.9 Å². The molecular formula is C14H18N2. The number of fused-ring (bicyclic) bond motifs is 1. The fraction of sp³-hybridized carbons (Fsp3) is 0.357. The summed E-state index contributed by atoms with van der Waals surface area (Å²) in [4.78, 5) is 6.81. The number of nitrogens with zero attached hydrogens (tertiary/aromatic N) is 2. The van der Waals surface area contributed by atoms with Crippen molar-refractivity contribution in [2.45, 2.75) is 20.3 Å². The van der Waals surface area contributed by atoms with Crippen molar-refractivity contribution in [3.8, 4) is 0 Å². The maximum Gasteiger partial charge on any atom is 0.0757 e. The SMILES string of the molecule is CCc1cccc2c(N(C)C)cc(C)nc12. The molecular weight excluding hydrogens is 196 g/mol. The number of aryl methyl sites for hydroxylation is 2. The van der Waals surface area contributed by atoms with Crippen molar-refractivity contribution in [1.82, 2.24) is 4.98 Å². The van der Waals surface area contributed by atoms with E-state index in [9.17, 15) is 0 Å². The van der Waals surface area contributed by atoms with E-state index < -0.39 is 0 Å². The standard InChI is InChI=1S/C14H18N2/c1-5-11-7-6-8-12-13(16(3)4)9-10(2)15-14(11)12/h6-9H,5H2,1-4H3. The molecule has 0 unspecified atom stereocenters. The average Bonchev–Trinajstić information content (AvgIpc) is 2.27. The van der Waals surface area contributed by atoms with E-state index in [2.05, 4.69) is 62.1 Å². The Morgan fingerprint density at radius 2 is 2.00 bits per heavy atom. The number of hydrogen-bond acceptors (Lipinski definition) is 2. The van der Waals surface area contributed by atoms with Gasteiger partial charge in [0.25, 0.3) is 0 Å². The third-order valence-electron chi connectivity index (χ3n) is 2.89. The quantitative estimate of drug-likeness (QED) is 0.763. The zero-order valence-corrected chi connectivity index (χ0v) is 10.4.